The van der Waals surface area contributed by atoms with Crippen LogP contribution >= 0.6 is 11.6 Å². The fourth-order valence-corrected chi connectivity index (χ4v) is 3.10. The van der Waals surface area contributed by atoms with E-state index in [4.69, 9.17) is 11.6 Å². The molecule has 2 N–H and O–H groups in total. The molecule has 0 bridgehead atoms. The van der Waals surface area contributed by atoms with Crippen molar-refractivity contribution in [3.8, 4) is 0 Å². The number of nitro benzene ring substituents is 1. The molecule has 0 fully saturated rings. The third kappa shape index (κ3) is 5.86. The Morgan fingerprint density at radius 3 is 2.31 bits per heavy atom. The lowest BCUT2D eigenvalue weighted by Gasteiger charge is -2.12. The van der Waals surface area contributed by atoms with E-state index in [1.807, 2.05) is 32.9 Å². The summed E-state index contributed by atoms with van der Waals surface area (Å²) >= 11 is 5.92. The van der Waals surface area contributed by atoms with Gasteiger partial charge < -0.3 is 5.32 Å². The monoisotopic (exact) mass is 416 g/mol. The van der Waals surface area contributed by atoms with Gasteiger partial charge in [0.1, 0.15) is 0 Å². The van der Waals surface area contributed by atoms with Crippen LogP contribution in [0.25, 0.3) is 0 Å². The normalized spacial score (nSPS) is 11.1. The summed E-state index contributed by atoms with van der Waals surface area (Å²) < 4.78 is 0. The zero-order valence-electron chi connectivity index (χ0n) is 16.5. The average molecular weight is 417 g/mol. The van der Waals surface area contributed by atoms with Gasteiger partial charge in [-0.05, 0) is 44.9 Å². The summed E-state index contributed by atoms with van der Waals surface area (Å²) in [4.78, 5) is 34.6. The summed E-state index contributed by atoms with van der Waals surface area (Å²) in [5.74, 6) is -0.890. The SMILES string of the molecule is CC(CC(=O)Nc1c(C)cc(C)cc1C)=NNC(=O)c1ccc([N+](=O)[O-])cc1Cl. The van der Waals surface area contributed by atoms with Crippen molar-refractivity contribution in [2.75, 3.05) is 5.32 Å². The maximum absolute atomic E-state index is 12.3. The highest BCUT2D eigenvalue weighted by Gasteiger charge is 2.15. The molecular formula is C20H21ClN4O4. The Morgan fingerprint density at radius 2 is 1.76 bits per heavy atom. The van der Waals surface area contributed by atoms with Crippen LogP contribution < -0.4 is 10.7 Å². The minimum atomic E-state index is -0.630. The topological polar surface area (TPSA) is 114 Å². The van der Waals surface area contributed by atoms with Gasteiger partial charge in [-0.25, -0.2) is 5.43 Å². The summed E-state index contributed by atoms with van der Waals surface area (Å²) in [6.45, 7) is 7.43. The second-order valence-electron chi connectivity index (χ2n) is 6.71. The lowest BCUT2D eigenvalue weighted by molar-refractivity contribution is -0.384. The number of nitrogens with zero attached hydrogens (tertiary/aromatic N) is 2. The summed E-state index contributed by atoms with van der Waals surface area (Å²) in [5.41, 5.74) is 6.32. The summed E-state index contributed by atoms with van der Waals surface area (Å²) in [7, 11) is 0. The van der Waals surface area contributed by atoms with Gasteiger partial charge in [0.2, 0.25) is 5.91 Å². The van der Waals surface area contributed by atoms with Gasteiger partial charge >= 0.3 is 0 Å². The van der Waals surface area contributed by atoms with Crippen molar-refractivity contribution in [2.24, 2.45) is 5.10 Å². The van der Waals surface area contributed by atoms with Crippen molar-refractivity contribution in [1.82, 2.24) is 5.43 Å². The Labute approximate surface area is 173 Å². The number of non-ortho nitro benzene ring substituents is 1. The Hall–Kier alpha value is -3.26. The molecular weight excluding hydrogens is 396 g/mol. The maximum atomic E-state index is 12.3. The highest BCUT2D eigenvalue weighted by atomic mass is 35.5. The molecule has 2 amide bonds. The van der Waals surface area contributed by atoms with Gasteiger partial charge in [-0.3, -0.25) is 19.7 Å². The van der Waals surface area contributed by atoms with Crippen LogP contribution in [-0.4, -0.2) is 22.4 Å². The van der Waals surface area contributed by atoms with Crippen molar-refractivity contribution in [3.63, 3.8) is 0 Å². The third-order valence-corrected chi connectivity index (χ3v) is 4.43. The molecule has 0 saturated carbocycles. The van der Waals surface area contributed by atoms with E-state index >= 15 is 0 Å². The molecule has 0 saturated heterocycles. The van der Waals surface area contributed by atoms with Crippen LogP contribution in [0.15, 0.2) is 35.4 Å². The summed E-state index contributed by atoms with van der Waals surface area (Å²) in [5, 5.41) is 17.4. The van der Waals surface area contributed by atoms with Crippen LogP contribution in [0.2, 0.25) is 5.02 Å². The number of carbonyl (C=O) groups excluding carboxylic acids is 2. The van der Waals surface area contributed by atoms with Gasteiger partial charge in [0.25, 0.3) is 11.6 Å². The van der Waals surface area contributed by atoms with Crippen molar-refractivity contribution in [2.45, 2.75) is 34.1 Å². The smallest absolute Gasteiger partial charge is 0.272 e. The van der Waals surface area contributed by atoms with E-state index in [9.17, 15) is 19.7 Å². The van der Waals surface area contributed by atoms with Crippen LogP contribution in [0.3, 0.4) is 0 Å². The molecule has 8 nitrogen and oxygen atoms in total. The molecule has 2 aromatic carbocycles. The first-order valence-electron chi connectivity index (χ1n) is 8.73. The number of amides is 2. The summed E-state index contributed by atoms with van der Waals surface area (Å²) in [6, 6.07) is 7.48. The van der Waals surface area contributed by atoms with Gasteiger partial charge in [-0.15, -0.1) is 0 Å². The van der Waals surface area contributed by atoms with E-state index in [2.05, 4.69) is 15.8 Å². The highest BCUT2D eigenvalue weighted by molar-refractivity contribution is 6.34. The Balaban J connectivity index is 2.00. The minimum absolute atomic E-state index is 0.0129. The highest BCUT2D eigenvalue weighted by Crippen LogP contribution is 2.23. The first-order valence-corrected chi connectivity index (χ1v) is 9.11. The number of hydrogen-bond donors (Lipinski definition) is 2. The van der Waals surface area contributed by atoms with Gasteiger partial charge in [0.15, 0.2) is 0 Å². The zero-order valence-corrected chi connectivity index (χ0v) is 17.3. The lowest BCUT2D eigenvalue weighted by Crippen LogP contribution is -2.22. The molecule has 9 heteroatoms. The largest absolute Gasteiger partial charge is 0.325 e. The number of rotatable bonds is 6. The molecule has 0 radical (unpaired) electrons. The number of hydrazone groups is 1. The second-order valence-corrected chi connectivity index (χ2v) is 7.12. The van der Waals surface area contributed by atoms with Crippen molar-refractivity contribution in [1.29, 1.82) is 0 Å². The molecule has 0 spiro atoms. The Bertz CT molecular complexity index is 995. The minimum Gasteiger partial charge on any atom is -0.325 e. The Morgan fingerprint density at radius 1 is 1.14 bits per heavy atom. The van der Waals surface area contributed by atoms with Crippen LogP contribution in [0.5, 0.6) is 0 Å². The molecule has 0 aromatic heterocycles. The van der Waals surface area contributed by atoms with E-state index in [-0.39, 0.29) is 28.6 Å². The number of hydrogen-bond acceptors (Lipinski definition) is 5. The van der Waals surface area contributed by atoms with Crippen LogP contribution in [0.4, 0.5) is 11.4 Å². The molecule has 0 aliphatic heterocycles. The molecule has 152 valence electrons. The predicted molar refractivity (Wildman–Crippen MR) is 113 cm³/mol. The van der Waals surface area contributed by atoms with E-state index in [1.165, 1.54) is 12.1 Å². The van der Waals surface area contributed by atoms with Crippen LogP contribution in [0.1, 0.15) is 40.4 Å². The first-order chi connectivity index (χ1) is 13.6. The molecule has 2 aromatic rings. The molecule has 0 aliphatic rings. The van der Waals surface area contributed by atoms with E-state index in [1.54, 1.807) is 6.92 Å². The van der Waals surface area contributed by atoms with Crippen molar-refractivity contribution in [3.05, 3.63) is 67.7 Å². The number of anilines is 1. The fraction of sp³-hybridized carbons (Fsp3) is 0.250. The molecule has 2 rings (SSSR count). The Kier molecular flexibility index (Phi) is 7.06. The molecule has 0 aliphatic carbocycles. The quantitative estimate of drug-likeness (QED) is 0.415. The number of nitro groups is 1. The van der Waals surface area contributed by atoms with Gasteiger partial charge in [0, 0.05) is 23.5 Å². The average Bonchev–Trinajstić information content (AvgIpc) is 2.62. The number of halogens is 1. The first kappa shape index (κ1) is 22.0. The van der Waals surface area contributed by atoms with E-state index in [0.717, 1.165) is 28.4 Å². The van der Waals surface area contributed by atoms with Gasteiger partial charge in [-0.2, -0.15) is 5.10 Å². The number of nitrogens with one attached hydrogen (secondary N) is 2. The van der Waals surface area contributed by atoms with Crippen LogP contribution in [0, 0.1) is 30.9 Å². The van der Waals surface area contributed by atoms with Gasteiger partial charge in [0.05, 0.1) is 21.9 Å². The third-order valence-electron chi connectivity index (χ3n) is 4.11. The van der Waals surface area contributed by atoms with Crippen molar-refractivity contribution < 1.29 is 14.5 Å². The van der Waals surface area contributed by atoms with E-state index < -0.39 is 10.8 Å². The molecule has 0 unspecified atom stereocenters. The predicted octanol–water partition coefficient (Wildman–Crippen LogP) is 4.31. The van der Waals surface area contributed by atoms with Crippen LogP contribution in [-0.2, 0) is 4.79 Å². The standard InChI is InChI=1S/C20H21ClN4O4/c1-11-7-12(2)19(13(3)8-11)22-18(26)9-14(4)23-24-20(27)16-6-5-15(25(28)29)10-17(16)21/h5-8,10H,9H2,1-4H3,(H,22,26)(H,24,27). The lowest BCUT2D eigenvalue weighted by atomic mass is 10.0. The number of aryl methyl sites for hydroxylation is 3. The molecule has 29 heavy (non-hydrogen) atoms. The number of carbonyl (C=O) groups is 2. The second kappa shape index (κ2) is 9.29. The summed E-state index contributed by atoms with van der Waals surface area (Å²) in [6.07, 6.45) is -0.0129. The zero-order chi connectivity index (χ0) is 21.7. The van der Waals surface area contributed by atoms with Gasteiger partial charge in [-0.1, -0.05) is 29.3 Å². The fourth-order valence-electron chi connectivity index (χ4n) is 2.84. The molecule has 0 atom stereocenters. The number of benzene rings is 2. The van der Waals surface area contributed by atoms with E-state index in [0.29, 0.717) is 5.71 Å². The van der Waals surface area contributed by atoms with Crippen molar-refractivity contribution >= 4 is 40.5 Å². The maximum Gasteiger partial charge on any atom is 0.272 e. The molecule has 0 heterocycles.